The van der Waals surface area contributed by atoms with Crippen molar-refractivity contribution in [1.29, 1.82) is 0 Å². The molecule has 1 unspecified atom stereocenters. The van der Waals surface area contributed by atoms with Crippen molar-refractivity contribution in [3.05, 3.63) is 39.1 Å². The minimum atomic E-state index is -0.187. The predicted molar refractivity (Wildman–Crippen MR) is 135 cm³/mol. The number of thiophene rings is 1. The molecule has 4 aromatic rings. The van der Waals surface area contributed by atoms with Crippen LogP contribution in [0.4, 0.5) is 0 Å². The maximum Gasteiger partial charge on any atom is 0.263 e. The van der Waals surface area contributed by atoms with Crippen molar-refractivity contribution in [2.45, 2.75) is 25.5 Å². The maximum absolute atomic E-state index is 13.9. The second kappa shape index (κ2) is 9.09. The van der Waals surface area contributed by atoms with E-state index in [9.17, 15) is 9.90 Å². The van der Waals surface area contributed by atoms with Crippen LogP contribution in [0, 0.1) is 0 Å². The fraction of sp³-hybridized carbons (Fsp3) is 0.333. The molecule has 0 aliphatic carbocycles. The van der Waals surface area contributed by atoms with Gasteiger partial charge in [0.25, 0.3) is 5.56 Å². The smallest absolute Gasteiger partial charge is 0.263 e. The first kappa shape index (κ1) is 22.9. The molecule has 0 bridgehead atoms. The van der Waals surface area contributed by atoms with Gasteiger partial charge in [0, 0.05) is 17.6 Å². The summed E-state index contributed by atoms with van der Waals surface area (Å²) in [7, 11) is 4.62. The van der Waals surface area contributed by atoms with E-state index in [-0.39, 0.29) is 17.4 Å². The molecule has 2 aromatic heterocycles. The number of aromatic nitrogens is 2. The highest BCUT2D eigenvalue weighted by Crippen LogP contribution is 2.48. The number of nitrogens with zero attached hydrogens (tertiary/aromatic N) is 2. The molecule has 2 aromatic carbocycles. The summed E-state index contributed by atoms with van der Waals surface area (Å²) < 4.78 is 25.4. The van der Waals surface area contributed by atoms with Crippen LogP contribution in [-0.2, 0) is 11.3 Å². The lowest BCUT2D eigenvalue weighted by Crippen LogP contribution is -2.28. The fourth-order valence-electron chi connectivity index (χ4n) is 4.42. The van der Waals surface area contributed by atoms with E-state index in [2.05, 4.69) is 15.9 Å². The number of hydrogen-bond acceptors (Lipinski definition) is 8. The molecule has 10 heteroatoms. The summed E-state index contributed by atoms with van der Waals surface area (Å²) in [5.74, 6) is 1.89. The lowest BCUT2D eigenvalue weighted by atomic mass is 10.1. The number of rotatable bonds is 6. The van der Waals surface area contributed by atoms with Crippen molar-refractivity contribution in [2.24, 2.45) is 0 Å². The third-order valence-electron chi connectivity index (χ3n) is 6.02. The van der Waals surface area contributed by atoms with Crippen molar-refractivity contribution >= 4 is 47.6 Å². The van der Waals surface area contributed by atoms with E-state index in [0.717, 1.165) is 12.8 Å². The number of halogens is 1. The number of phenols is 1. The molecule has 178 valence electrons. The van der Waals surface area contributed by atoms with Crippen molar-refractivity contribution in [1.82, 2.24) is 9.55 Å². The number of benzene rings is 2. The standard InChI is InChI=1S/C24H23BrN2O6S/c1-30-16-10-14(18(25)20(32-3)19(16)31-2)22-26-23-17(13-7-4-8-15(28)21(13)34-23)24(29)27(22)11-12-6-5-9-33-12/h4,7-8,10,12,28H,5-6,9,11H2,1-3H3. The topological polar surface area (TPSA) is 92.0 Å². The first-order chi connectivity index (χ1) is 16.5. The Kier molecular flexibility index (Phi) is 6.13. The minimum Gasteiger partial charge on any atom is -0.506 e. The zero-order valence-electron chi connectivity index (χ0n) is 18.9. The number of hydrogen-bond donors (Lipinski definition) is 1. The number of ether oxygens (including phenoxy) is 4. The molecule has 1 aliphatic rings. The monoisotopic (exact) mass is 546 g/mol. The first-order valence-electron chi connectivity index (χ1n) is 10.7. The second-order valence-electron chi connectivity index (χ2n) is 7.93. The number of phenolic OH excluding ortho intramolecular Hbond substituents is 1. The Morgan fingerprint density at radius 2 is 2.03 bits per heavy atom. The molecule has 1 saturated heterocycles. The Balaban J connectivity index is 1.85. The van der Waals surface area contributed by atoms with Crippen LogP contribution in [0.15, 0.2) is 33.5 Å². The van der Waals surface area contributed by atoms with E-state index in [0.29, 0.717) is 66.6 Å². The quantitative estimate of drug-likeness (QED) is 0.365. The van der Waals surface area contributed by atoms with Crippen molar-refractivity contribution < 1.29 is 24.1 Å². The maximum atomic E-state index is 13.9. The first-order valence-corrected chi connectivity index (χ1v) is 12.3. The molecule has 1 N–H and O–H groups in total. The van der Waals surface area contributed by atoms with Gasteiger partial charge in [-0.05, 0) is 40.9 Å². The third kappa shape index (κ3) is 3.60. The molecule has 0 amide bonds. The summed E-state index contributed by atoms with van der Waals surface area (Å²) in [6.45, 7) is 1.03. The average Bonchev–Trinajstić information content (AvgIpc) is 3.49. The van der Waals surface area contributed by atoms with Gasteiger partial charge < -0.3 is 24.1 Å². The van der Waals surface area contributed by atoms with E-state index in [4.69, 9.17) is 23.9 Å². The fourth-order valence-corrected chi connectivity index (χ4v) is 6.13. The molecular weight excluding hydrogens is 524 g/mol. The Bertz CT molecular complexity index is 1460. The van der Waals surface area contributed by atoms with Gasteiger partial charge in [0.05, 0.1) is 48.5 Å². The highest BCUT2D eigenvalue weighted by molar-refractivity contribution is 9.10. The number of aromatic hydroxyl groups is 1. The normalized spacial score (nSPS) is 15.8. The minimum absolute atomic E-state index is 0.0881. The SMILES string of the molecule is COc1cc(-c2nc3sc4c(O)cccc4c3c(=O)n2CC2CCCO2)c(Br)c(OC)c1OC. The highest BCUT2D eigenvalue weighted by atomic mass is 79.9. The molecule has 34 heavy (non-hydrogen) atoms. The van der Waals surface area contributed by atoms with Gasteiger partial charge >= 0.3 is 0 Å². The zero-order chi connectivity index (χ0) is 24.0. The molecule has 1 atom stereocenters. The van der Waals surface area contributed by atoms with E-state index in [1.807, 2.05) is 6.07 Å². The summed E-state index contributed by atoms with van der Waals surface area (Å²) >= 11 is 4.92. The van der Waals surface area contributed by atoms with Crippen molar-refractivity contribution in [3.8, 4) is 34.4 Å². The van der Waals surface area contributed by atoms with Crippen molar-refractivity contribution in [2.75, 3.05) is 27.9 Å². The molecule has 0 saturated carbocycles. The van der Waals surface area contributed by atoms with Crippen LogP contribution >= 0.6 is 27.3 Å². The van der Waals surface area contributed by atoms with Gasteiger partial charge in [-0.1, -0.05) is 12.1 Å². The van der Waals surface area contributed by atoms with E-state index >= 15 is 0 Å². The van der Waals surface area contributed by atoms with Gasteiger partial charge in [-0.25, -0.2) is 4.98 Å². The molecule has 8 nitrogen and oxygen atoms in total. The number of methoxy groups -OCH3 is 3. The van der Waals surface area contributed by atoms with Gasteiger partial charge in [0.2, 0.25) is 5.75 Å². The van der Waals surface area contributed by atoms with Crippen LogP contribution in [0.25, 0.3) is 31.7 Å². The summed E-state index contributed by atoms with van der Waals surface area (Å²) in [6, 6.07) is 6.95. The van der Waals surface area contributed by atoms with Crippen LogP contribution in [0.1, 0.15) is 12.8 Å². The molecule has 5 rings (SSSR count). The Labute approximate surface area is 207 Å². The van der Waals surface area contributed by atoms with Crippen molar-refractivity contribution in [3.63, 3.8) is 0 Å². The highest BCUT2D eigenvalue weighted by Gasteiger charge is 2.27. The molecule has 0 radical (unpaired) electrons. The average molecular weight is 547 g/mol. The molecule has 1 fully saturated rings. The summed E-state index contributed by atoms with van der Waals surface area (Å²) in [5, 5.41) is 11.6. The Hall–Kier alpha value is -2.82. The van der Waals surface area contributed by atoms with Crippen LogP contribution in [-0.4, -0.2) is 48.7 Å². The lowest BCUT2D eigenvalue weighted by Gasteiger charge is -2.20. The summed E-state index contributed by atoms with van der Waals surface area (Å²) in [4.78, 5) is 19.4. The predicted octanol–water partition coefficient (Wildman–Crippen LogP) is 4.95. The zero-order valence-corrected chi connectivity index (χ0v) is 21.3. The lowest BCUT2D eigenvalue weighted by molar-refractivity contribution is 0.0965. The van der Waals surface area contributed by atoms with E-state index < -0.39 is 0 Å². The Morgan fingerprint density at radius 1 is 1.24 bits per heavy atom. The third-order valence-corrected chi connectivity index (χ3v) is 7.93. The van der Waals surface area contributed by atoms with E-state index in [1.165, 1.54) is 25.6 Å². The molecular formula is C24H23BrN2O6S. The largest absolute Gasteiger partial charge is 0.506 e. The Morgan fingerprint density at radius 3 is 2.71 bits per heavy atom. The summed E-state index contributed by atoms with van der Waals surface area (Å²) in [5.41, 5.74) is 0.432. The molecule has 1 aliphatic heterocycles. The van der Waals surface area contributed by atoms with Gasteiger partial charge in [-0.15, -0.1) is 11.3 Å². The van der Waals surface area contributed by atoms with Gasteiger partial charge in [0.1, 0.15) is 16.4 Å². The van der Waals surface area contributed by atoms with Crippen LogP contribution in [0.5, 0.6) is 23.0 Å². The van der Waals surface area contributed by atoms with E-state index in [1.54, 1.807) is 29.9 Å². The molecule has 3 heterocycles. The second-order valence-corrected chi connectivity index (χ2v) is 9.72. The van der Waals surface area contributed by atoms with Crippen LogP contribution < -0.4 is 19.8 Å². The van der Waals surface area contributed by atoms with Gasteiger partial charge in [-0.3, -0.25) is 9.36 Å². The molecule has 0 spiro atoms. The van der Waals surface area contributed by atoms with Gasteiger partial charge in [0.15, 0.2) is 11.5 Å². The van der Waals surface area contributed by atoms with Crippen LogP contribution in [0.3, 0.4) is 0 Å². The summed E-state index contributed by atoms with van der Waals surface area (Å²) in [6.07, 6.45) is 1.73. The van der Waals surface area contributed by atoms with Crippen LogP contribution in [0.2, 0.25) is 0 Å². The van der Waals surface area contributed by atoms with Gasteiger partial charge in [-0.2, -0.15) is 0 Å². The number of fused-ring (bicyclic) bond motifs is 3.